The number of pyridine rings is 1. The third-order valence-corrected chi connectivity index (χ3v) is 3.91. The average molecular weight is 284 g/mol. The molecule has 109 valence electrons. The van der Waals surface area contributed by atoms with Crippen LogP contribution in [0.15, 0.2) is 30.6 Å². The predicted octanol–water partition coefficient (Wildman–Crippen LogP) is 0.667. The van der Waals surface area contributed by atoms with Crippen LogP contribution in [0.4, 0.5) is 0 Å². The summed E-state index contributed by atoms with van der Waals surface area (Å²) in [7, 11) is 0. The standard InChI is InChI=1S/C15H18N5O/c16-14(21)15-18-6-8-20(15)10-9-19-7-4-12(11-19)13-3-1-2-5-17-13/h1-3,5,8,12H,4,7,9-11H2,(H2,16,21). The number of aromatic nitrogens is 3. The molecule has 1 fully saturated rings. The van der Waals surface area contributed by atoms with E-state index in [4.69, 9.17) is 5.73 Å². The zero-order chi connectivity index (χ0) is 14.7. The molecule has 3 rings (SSSR count). The van der Waals surface area contributed by atoms with Crippen molar-refractivity contribution in [1.29, 1.82) is 0 Å². The molecule has 3 heterocycles. The molecule has 0 aromatic carbocycles. The van der Waals surface area contributed by atoms with Gasteiger partial charge in [-0.1, -0.05) is 6.07 Å². The zero-order valence-corrected chi connectivity index (χ0v) is 11.8. The Kier molecular flexibility index (Phi) is 3.96. The van der Waals surface area contributed by atoms with Crippen molar-refractivity contribution in [3.8, 4) is 0 Å². The smallest absolute Gasteiger partial charge is 0.284 e. The molecular weight excluding hydrogens is 266 g/mol. The molecule has 1 unspecified atom stereocenters. The predicted molar refractivity (Wildman–Crippen MR) is 77.6 cm³/mol. The van der Waals surface area contributed by atoms with E-state index in [9.17, 15) is 4.79 Å². The number of amides is 1. The van der Waals surface area contributed by atoms with E-state index in [1.807, 2.05) is 18.3 Å². The van der Waals surface area contributed by atoms with E-state index in [1.165, 1.54) is 0 Å². The van der Waals surface area contributed by atoms with Gasteiger partial charge in [-0.25, -0.2) is 4.98 Å². The summed E-state index contributed by atoms with van der Waals surface area (Å²) in [5.74, 6) is 0.260. The monoisotopic (exact) mass is 284 g/mol. The van der Waals surface area contributed by atoms with Crippen molar-refractivity contribution in [2.24, 2.45) is 5.73 Å². The van der Waals surface area contributed by atoms with Gasteiger partial charge in [-0.2, -0.15) is 0 Å². The number of carbonyl (C=O) groups is 1. The van der Waals surface area contributed by atoms with Crippen molar-refractivity contribution in [1.82, 2.24) is 19.4 Å². The number of rotatable bonds is 5. The van der Waals surface area contributed by atoms with Crippen LogP contribution < -0.4 is 5.73 Å². The van der Waals surface area contributed by atoms with Crippen molar-refractivity contribution in [2.75, 3.05) is 19.6 Å². The molecule has 0 saturated carbocycles. The molecular formula is C15H18N5O. The van der Waals surface area contributed by atoms with Gasteiger partial charge in [0.1, 0.15) is 6.20 Å². The highest BCUT2D eigenvalue weighted by Gasteiger charge is 2.24. The maximum atomic E-state index is 11.2. The lowest BCUT2D eigenvalue weighted by Crippen LogP contribution is -2.27. The third-order valence-electron chi connectivity index (χ3n) is 3.91. The molecule has 1 aliphatic heterocycles. The fraction of sp³-hybridized carbons (Fsp3) is 0.400. The number of primary amides is 1. The first-order chi connectivity index (χ1) is 10.2. The minimum absolute atomic E-state index is 0.274. The van der Waals surface area contributed by atoms with Crippen molar-refractivity contribution >= 4 is 5.91 Å². The second-order valence-corrected chi connectivity index (χ2v) is 5.29. The van der Waals surface area contributed by atoms with Crippen molar-refractivity contribution in [3.05, 3.63) is 48.3 Å². The molecule has 21 heavy (non-hydrogen) atoms. The molecule has 2 aromatic rings. The van der Waals surface area contributed by atoms with Crippen LogP contribution in [0.2, 0.25) is 0 Å². The lowest BCUT2D eigenvalue weighted by atomic mass is 10.0. The first-order valence-corrected chi connectivity index (χ1v) is 7.10. The van der Waals surface area contributed by atoms with Crippen molar-refractivity contribution in [3.63, 3.8) is 0 Å². The summed E-state index contributed by atoms with van der Waals surface area (Å²) in [6, 6.07) is 6.06. The van der Waals surface area contributed by atoms with Gasteiger partial charge < -0.3 is 15.2 Å². The van der Waals surface area contributed by atoms with E-state index in [-0.39, 0.29) is 5.82 Å². The number of hydrogen-bond donors (Lipinski definition) is 1. The Labute approximate surface area is 123 Å². The normalized spacial score (nSPS) is 19.0. The van der Waals surface area contributed by atoms with Crippen LogP contribution in [-0.2, 0) is 6.54 Å². The largest absolute Gasteiger partial charge is 0.363 e. The second-order valence-electron chi connectivity index (χ2n) is 5.29. The minimum Gasteiger partial charge on any atom is -0.363 e. The van der Waals surface area contributed by atoms with Crippen LogP contribution in [0, 0.1) is 6.20 Å². The summed E-state index contributed by atoms with van der Waals surface area (Å²) in [4.78, 5) is 21.9. The van der Waals surface area contributed by atoms with Crippen molar-refractivity contribution in [2.45, 2.75) is 18.9 Å². The Balaban J connectivity index is 1.56. The van der Waals surface area contributed by atoms with Gasteiger partial charge in [0.15, 0.2) is 5.82 Å². The topological polar surface area (TPSA) is 77.0 Å². The molecule has 0 spiro atoms. The quantitative estimate of drug-likeness (QED) is 0.875. The fourth-order valence-electron chi connectivity index (χ4n) is 2.80. The van der Waals surface area contributed by atoms with Gasteiger partial charge in [0.2, 0.25) is 0 Å². The van der Waals surface area contributed by atoms with Gasteiger partial charge in [0.05, 0.1) is 0 Å². The van der Waals surface area contributed by atoms with E-state index >= 15 is 0 Å². The lowest BCUT2D eigenvalue weighted by molar-refractivity contribution is 0.0985. The van der Waals surface area contributed by atoms with E-state index < -0.39 is 5.91 Å². The Hall–Kier alpha value is -2.21. The third kappa shape index (κ3) is 3.11. The number of nitrogens with two attached hydrogens (primary N) is 1. The number of hydrogen-bond acceptors (Lipinski definition) is 4. The summed E-state index contributed by atoms with van der Waals surface area (Å²) < 4.78 is 1.76. The second kappa shape index (κ2) is 6.05. The number of likely N-dealkylation sites (tertiary alicyclic amines) is 1. The molecule has 2 N–H and O–H groups in total. The van der Waals surface area contributed by atoms with E-state index in [1.54, 1.807) is 10.8 Å². The average Bonchev–Trinajstić information content (AvgIpc) is 3.15. The van der Waals surface area contributed by atoms with E-state index in [0.29, 0.717) is 12.5 Å². The zero-order valence-electron chi connectivity index (χ0n) is 11.8. The van der Waals surface area contributed by atoms with E-state index in [2.05, 4.69) is 27.1 Å². The Morgan fingerprint density at radius 1 is 1.43 bits per heavy atom. The van der Waals surface area contributed by atoms with Gasteiger partial charge >= 0.3 is 0 Å². The first kappa shape index (κ1) is 13.8. The maximum Gasteiger partial charge on any atom is 0.284 e. The van der Waals surface area contributed by atoms with Crippen LogP contribution >= 0.6 is 0 Å². The number of carbonyl (C=O) groups excluding carboxylic acids is 1. The van der Waals surface area contributed by atoms with Crippen LogP contribution in [0.5, 0.6) is 0 Å². The molecule has 6 nitrogen and oxygen atoms in total. The summed E-state index contributed by atoms with van der Waals surface area (Å²) in [6.45, 7) is 3.62. The Morgan fingerprint density at radius 3 is 3.10 bits per heavy atom. The lowest BCUT2D eigenvalue weighted by Gasteiger charge is -2.16. The van der Waals surface area contributed by atoms with Gasteiger partial charge in [0.25, 0.3) is 5.91 Å². The van der Waals surface area contributed by atoms with Crippen LogP contribution in [-0.4, -0.2) is 45.0 Å². The fourth-order valence-corrected chi connectivity index (χ4v) is 2.80. The summed E-state index contributed by atoms with van der Waals surface area (Å²) in [5, 5.41) is 0. The van der Waals surface area contributed by atoms with Gasteiger partial charge in [-0.15, -0.1) is 0 Å². The SMILES string of the molecule is NC(=O)c1n[c]cn1CCN1CCC(c2ccccn2)C1. The Morgan fingerprint density at radius 2 is 2.33 bits per heavy atom. The molecule has 1 radical (unpaired) electrons. The Bertz CT molecular complexity index is 610. The molecule has 1 aliphatic rings. The van der Waals surface area contributed by atoms with Crippen LogP contribution in [0.25, 0.3) is 0 Å². The highest BCUT2D eigenvalue weighted by atomic mass is 16.1. The van der Waals surface area contributed by atoms with Gasteiger partial charge in [0, 0.05) is 43.6 Å². The molecule has 2 aromatic heterocycles. The molecule has 0 bridgehead atoms. The van der Waals surface area contributed by atoms with Gasteiger partial charge in [-0.05, 0) is 25.1 Å². The molecule has 1 saturated heterocycles. The molecule has 6 heteroatoms. The summed E-state index contributed by atoms with van der Waals surface area (Å²) in [6.07, 6.45) is 7.31. The number of imidazole rings is 1. The molecule has 0 aliphatic carbocycles. The van der Waals surface area contributed by atoms with Crippen LogP contribution in [0.3, 0.4) is 0 Å². The highest BCUT2D eigenvalue weighted by molar-refractivity contribution is 5.89. The summed E-state index contributed by atoms with van der Waals surface area (Å²) >= 11 is 0. The molecule has 1 amide bonds. The summed E-state index contributed by atoms with van der Waals surface area (Å²) in [5.41, 5.74) is 6.44. The molecule has 1 atom stereocenters. The highest BCUT2D eigenvalue weighted by Crippen LogP contribution is 2.25. The first-order valence-electron chi connectivity index (χ1n) is 7.10. The minimum atomic E-state index is -0.510. The van der Waals surface area contributed by atoms with Gasteiger partial charge in [-0.3, -0.25) is 9.78 Å². The van der Waals surface area contributed by atoms with Crippen molar-refractivity contribution < 1.29 is 4.79 Å². The van der Waals surface area contributed by atoms with E-state index in [0.717, 1.165) is 31.7 Å². The number of nitrogens with zero attached hydrogens (tertiary/aromatic N) is 4. The van der Waals surface area contributed by atoms with Crippen LogP contribution in [0.1, 0.15) is 28.7 Å². The maximum absolute atomic E-state index is 11.2.